The second kappa shape index (κ2) is 8.95. The number of ether oxygens (including phenoxy) is 1. The van der Waals surface area contributed by atoms with Crippen LogP contribution in [-0.4, -0.2) is 37.2 Å². The zero-order valence-corrected chi connectivity index (χ0v) is 19.4. The Labute approximate surface area is 202 Å². The van der Waals surface area contributed by atoms with Crippen LogP contribution in [-0.2, 0) is 12.7 Å². The van der Waals surface area contributed by atoms with Crippen molar-refractivity contribution in [2.45, 2.75) is 26.6 Å². The van der Waals surface area contributed by atoms with Crippen LogP contribution < -0.4 is 4.74 Å². The maximum absolute atomic E-state index is 12.8. The molecule has 0 aliphatic heterocycles. The summed E-state index contributed by atoms with van der Waals surface area (Å²) in [6, 6.07) is 11.9. The van der Waals surface area contributed by atoms with Crippen LogP contribution in [0, 0.1) is 13.8 Å². The number of halogens is 3. The molecule has 0 aliphatic carbocycles. The van der Waals surface area contributed by atoms with E-state index in [0.29, 0.717) is 40.0 Å². The van der Waals surface area contributed by atoms with Gasteiger partial charge in [-0.1, -0.05) is 34.6 Å². The SMILES string of the molecule is COc1ccccc1-c1nc(Cn2nnc(-c3nc(-c4ccc(C(F)(F)F)cc4)no3)c2C)c(C)o1. The molecule has 0 saturated carbocycles. The van der Waals surface area contributed by atoms with Crippen molar-refractivity contribution in [3.05, 3.63) is 71.2 Å². The molecular formula is C24H19F3N6O3. The number of aromatic nitrogens is 6. The molecule has 0 unspecified atom stereocenters. The Bertz CT molecular complexity index is 1520. The number of hydrogen-bond donors (Lipinski definition) is 0. The molecule has 36 heavy (non-hydrogen) atoms. The van der Waals surface area contributed by atoms with Crippen LogP contribution in [0.1, 0.15) is 22.7 Å². The minimum atomic E-state index is -4.42. The third kappa shape index (κ3) is 4.32. The van der Waals surface area contributed by atoms with E-state index < -0.39 is 11.7 Å². The van der Waals surface area contributed by atoms with E-state index in [4.69, 9.17) is 13.7 Å². The Morgan fingerprint density at radius 2 is 1.72 bits per heavy atom. The van der Waals surface area contributed by atoms with E-state index in [9.17, 15) is 13.2 Å². The van der Waals surface area contributed by atoms with Crippen LogP contribution in [0.3, 0.4) is 0 Å². The van der Waals surface area contributed by atoms with E-state index >= 15 is 0 Å². The van der Waals surface area contributed by atoms with Crippen molar-refractivity contribution in [3.8, 4) is 40.2 Å². The summed E-state index contributed by atoms with van der Waals surface area (Å²) >= 11 is 0. The zero-order chi connectivity index (χ0) is 25.4. The number of rotatable bonds is 6. The van der Waals surface area contributed by atoms with Gasteiger partial charge in [0.15, 0.2) is 5.69 Å². The van der Waals surface area contributed by atoms with Gasteiger partial charge in [-0.25, -0.2) is 9.67 Å². The summed E-state index contributed by atoms with van der Waals surface area (Å²) in [6.07, 6.45) is -4.42. The Hall–Kier alpha value is -4.48. The van der Waals surface area contributed by atoms with E-state index in [-0.39, 0.29) is 18.3 Å². The van der Waals surface area contributed by atoms with Gasteiger partial charge in [-0.3, -0.25) is 0 Å². The number of aryl methyl sites for hydroxylation is 1. The maximum atomic E-state index is 12.8. The van der Waals surface area contributed by atoms with Crippen LogP contribution in [0.4, 0.5) is 13.2 Å². The topological polar surface area (TPSA) is 105 Å². The molecule has 0 N–H and O–H groups in total. The average molecular weight is 496 g/mol. The summed E-state index contributed by atoms with van der Waals surface area (Å²) in [5.74, 6) is 1.93. The lowest BCUT2D eigenvalue weighted by Crippen LogP contribution is -2.05. The molecule has 0 atom stereocenters. The number of methoxy groups -OCH3 is 1. The van der Waals surface area contributed by atoms with Gasteiger partial charge in [0.2, 0.25) is 11.7 Å². The molecule has 184 valence electrons. The predicted molar refractivity (Wildman–Crippen MR) is 121 cm³/mol. The molecule has 0 fully saturated rings. The van der Waals surface area contributed by atoms with Crippen LogP contribution in [0.5, 0.6) is 5.75 Å². The summed E-state index contributed by atoms with van der Waals surface area (Å²) < 4.78 is 56.6. The predicted octanol–water partition coefficient (Wildman–Crippen LogP) is 5.34. The summed E-state index contributed by atoms with van der Waals surface area (Å²) in [5, 5.41) is 12.2. The van der Waals surface area contributed by atoms with Gasteiger partial charge in [-0.15, -0.1) is 5.10 Å². The highest BCUT2D eigenvalue weighted by Crippen LogP contribution is 2.32. The number of benzene rings is 2. The van der Waals surface area contributed by atoms with Gasteiger partial charge in [0.1, 0.15) is 17.2 Å². The molecule has 12 heteroatoms. The molecule has 0 aliphatic rings. The van der Waals surface area contributed by atoms with Crippen LogP contribution in [0.2, 0.25) is 0 Å². The average Bonchev–Trinajstić information content (AvgIpc) is 3.58. The summed E-state index contributed by atoms with van der Waals surface area (Å²) in [7, 11) is 1.58. The lowest BCUT2D eigenvalue weighted by Gasteiger charge is -2.05. The van der Waals surface area contributed by atoms with Gasteiger partial charge >= 0.3 is 6.18 Å². The van der Waals surface area contributed by atoms with Gasteiger partial charge < -0.3 is 13.7 Å². The van der Waals surface area contributed by atoms with Crippen molar-refractivity contribution >= 4 is 0 Å². The van der Waals surface area contributed by atoms with Crippen molar-refractivity contribution in [3.63, 3.8) is 0 Å². The van der Waals surface area contributed by atoms with Crippen LogP contribution >= 0.6 is 0 Å². The van der Waals surface area contributed by atoms with Crippen molar-refractivity contribution in [2.24, 2.45) is 0 Å². The third-order valence-corrected chi connectivity index (χ3v) is 5.61. The molecule has 0 radical (unpaired) electrons. The maximum Gasteiger partial charge on any atom is 0.416 e. The molecular weight excluding hydrogens is 477 g/mol. The van der Waals surface area contributed by atoms with Gasteiger partial charge in [0.25, 0.3) is 5.89 Å². The monoisotopic (exact) mass is 496 g/mol. The zero-order valence-electron chi connectivity index (χ0n) is 19.4. The fourth-order valence-corrected chi connectivity index (χ4v) is 3.61. The number of nitrogens with zero attached hydrogens (tertiary/aromatic N) is 6. The summed E-state index contributed by atoms with van der Waals surface area (Å²) in [5.41, 5.74) is 2.00. The molecule has 5 rings (SSSR count). The number of oxazole rings is 1. The molecule has 9 nitrogen and oxygen atoms in total. The normalized spacial score (nSPS) is 11.7. The first-order valence-corrected chi connectivity index (χ1v) is 10.8. The first kappa shape index (κ1) is 23.3. The highest BCUT2D eigenvalue weighted by atomic mass is 19.4. The van der Waals surface area contributed by atoms with Crippen LogP contribution in [0.15, 0.2) is 57.5 Å². The standard InChI is InChI=1S/C24H19F3N6O3/c1-13-20(23-29-21(31-36-23)15-8-10-16(11-9-15)24(25,26)27)30-32-33(13)12-18-14(2)35-22(28-18)17-6-4-5-7-19(17)34-3/h4-11H,12H2,1-3H3. The molecule has 3 aromatic heterocycles. The molecule has 0 spiro atoms. The quantitative estimate of drug-likeness (QED) is 0.310. The summed E-state index contributed by atoms with van der Waals surface area (Å²) in [4.78, 5) is 8.89. The third-order valence-electron chi connectivity index (χ3n) is 5.61. The molecule has 2 aromatic carbocycles. The van der Waals surface area contributed by atoms with E-state index in [2.05, 4.69) is 25.4 Å². The lowest BCUT2D eigenvalue weighted by atomic mass is 10.1. The molecule has 0 amide bonds. The van der Waals surface area contributed by atoms with Gasteiger partial charge in [-0.05, 0) is 38.1 Å². The fraction of sp³-hybridized carbons (Fsp3) is 0.208. The smallest absolute Gasteiger partial charge is 0.416 e. The minimum absolute atomic E-state index is 0.0974. The number of para-hydroxylation sites is 1. The Morgan fingerprint density at radius 1 is 0.972 bits per heavy atom. The van der Waals surface area contributed by atoms with Crippen molar-refractivity contribution in [2.75, 3.05) is 7.11 Å². The number of hydrogen-bond acceptors (Lipinski definition) is 8. The highest BCUT2D eigenvalue weighted by Gasteiger charge is 2.30. The molecule has 0 saturated heterocycles. The van der Waals surface area contributed by atoms with Gasteiger partial charge in [0.05, 0.1) is 30.5 Å². The van der Waals surface area contributed by atoms with Gasteiger partial charge in [-0.2, -0.15) is 18.2 Å². The van der Waals surface area contributed by atoms with E-state index in [1.54, 1.807) is 18.7 Å². The highest BCUT2D eigenvalue weighted by molar-refractivity contribution is 5.63. The second-order valence-electron chi connectivity index (χ2n) is 7.90. The first-order chi connectivity index (χ1) is 17.2. The Balaban J connectivity index is 1.38. The number of alkyl halides is 3. The minimum Gasteiger partial charge on any atom is -0.496 e. The molecule has 3 heterocycles. The lowest BCUT2D eigenvalue weighted by molar-refractivity contribution is -0.137. The van der Waals surface area contributed by atoms with Crippen molar-refractivity contribution in [1.29, 1.82) is 0 Å². The van der Waals surface area contributed by atoms with E-state index in [1.165, 1.54) is 12.1 Å². The summed E-state index contributed by atoms with van der Waals surface area (Å²) in [6.45, 7) is 3.87. The Morgan fingerprint density at radius 3 is 2.44 bits per heavy atom. The first-order valence-electron chi connectivity index (χ1n) is 10.8. The molecule has 0 bridgehead atoms. The van der Waals surface area contributed by atoms with Crippen molar-refractivity contribution in [1.82, 2.24) is 30.1 Å². The second-order valence-corrected chi connectivity index (χ2v) is 7.90. The van der Waals surface area contributed by atoms with Gasteiger partial charge in [0, 0.05) is 5.56 Å². The largest absolute Gasteiger partial charge is 0.496 e. The Kier molecular flexibility index (Phi) is 5.78. The van der Waals surface area contributed by atoms with Crippen molar-refractivity contribution < 1.29 is 26.8 Å². The molecule has 5 aromatic rings. The fourth-order valence-electron chi connectivity index (χ4n) is 3.61. The van der Waals surface area contributed by atoms with E-state index in [1.807, 2.05) is 31.2 Å². The van der Waals surface area contributed by atoms with Crippen LogP contribution in [0.25, 0.3) is 34.4 Å². The van der Waals surface area contributed by atoms with E-state index in [0.717, 1.165) is 17.7 Å².